The minimum absolute atomic E-state index is 0.0451. The van der Waals surface area contributed by atoms with Crippen LogP contribution in [0.2, 0.25) is 0 Å². The Morgan fingerprint density at radius 2 is 2.29 bits per heavy atom. The third kappa shape index (κ3) is 4.96. The van der Waals surface area contributed by atoms with E-state index in [-0.39, 0.29) is 18.7 Å². The second kappa shape index (κ2) is 7.49. The average Bonchev–Trinajstić information content (AvgIpc) is 2.97. The van der Waals surface area contributed by atoms with Gasteiger partial charge in [0.25, 0.3) is 0 Å². The number of hydrogen-bond donors (Lipinski definition) is 2. The Bertz CT molecular complexity index is 500. The minimum atomic E-state index is -0.465. The fourth-order valence-electron chi connectivity index (χ4n) is 1.87. The highest BCUT2D eigenvalue weighted by Gasteiger charge is 2.17. The Morgan fingerprint density at radius 1 is 1.43 bits per heavy atom. The molecule has 2 N–H and O–H groups in total. The van der Waals surface area contributed by atoms with E-state index in [0.717, 1.165) is 6.42 Å². The van der Waals surface area contributed by atoms with Crippen LogP contribution in [0.25, 0.3) is 0 Å². The van der Waals surface area contributed by atoms with Gasteiger partial charge in [0.1, 0.15) is 5.75 Å². The van der Waals surface area contributed by atoms with Gasteiger partial charge in [-0.1, -0.05) is 6.07 Å². The largest absolute Gasteiger partial charge is 0.482 e. The Hall–Kier alpha value is -2.28. The van der Waals surface area contributed by atoms with Crippen molar-refractivity contribution < 1.29 is 23.8 Å². The van der Waals surface area contributed by atoms with Crippen molar-refractivity contribution in [2.75, 3.05) is 32.2 Å². The molecule has 7 nitrogen and oxygen atoms in total. The lowest BCUT2D eigenvalue weighted by Crippen LogP contribution is -2.38. The van der Waals surface area contributed by atoms with Crippen molar-refractivity contribution in [3.05, 3.63) is 24.3 Å². The van der Waals surface area contributed by atoms with E-state index in [1.807, 2.05) is 0 Å². The van der Waals surface area contributed by atoms with Crippen LogP contribution in [0.4, 0.5) is 10.5 Å². The summed E-state index contributed by atoms with van der Waals surface area (Å²) in [5.74, 6) is 0.00902. The monoisotopic (exact) mass is 294 g/mol. The first-order valence-electron chi connectivity index (χ1n) is 6.62. The summed E-state index contributed by atoms with van der Waals surface area (Å²) >= 11 is 0. The number of hydrogen-bond acceptors (Lipinski definition) is 5. The molecule has 114 valence electrons. The van der Waals surface area contributed by atoms with Gasteiger partial charge in [-0.2, -0.15) is 0 Å². The van der Waals surface area contributed by atoms with E-state index in [1.165, 1.54) is 7.11 Å². The molecule has 21 heavy (non-hydrogen) atoms. The van der Waals surface area contributed by atoms with Gasteiger partial charge < -0.3 is 24.8 Å². The lowest BCUT2D eigenvalue weighted by atomic mass is 10.2. The summed E-state index contributed by atoms with van der Waals surface area (Å²) in [4.78, 5) is 22.8. The van der Waals surface area contributed by atoms with E-state index < -0.39 is 5.97 Å². The first-order chi connectivity index (χ1) is 10.2. The van der Waals surface area contributed by atoms with E-state index in [4.69, 9.17) is 9.47 Å². The predicted molar refractivity (Wildman–Crippen MR) is 75.3 cm³/mol. The maximum absolute atomic E-state index is 11.8. The van der Waals surface area contributed by atoms with Gasteiger partial charge in [-0.3, -0.25) is 0 Å². The molecular formula is C14H18N2O5. The topological polar surface area (TPSA) is 85.9 Å². The zero-order valence-electron chi connectivity index (χ0n) is 11.8. The molecule has 1 heterocycles. The van der Waals surface area contributed by atoms with Crippen molar-refractivity contribution in [1.82, 2.24) is 5.32 Å². The second-order valence-corrected chi connectivity index (χ2v) is 4.55. The van der Waals surface area contributed by atoms with E-state index in [2.05, 4.69) is 15.4 Å². The first-order valence-corrected chi connectivity index (χ1v) is 6.62. The maximum Gasteiger partial charge on any atom is 0.343 e. The van der Waals surface area contributed by atoms with Gasteiger partial charge in [0.2, 0.25) is 0 Å². The molecule has 0 aliphatic carbocycles. The number of ether oxygens (including phenoxy) is 3. The Morgan fingerprint density at radius 3 is 3.00 bits per heavy atom. The summed E-state index contributed by atoms with van der Waals surface area (Å²) < 4.78 is 14.9. The van der Waals surface area contributed by atoms with E-state index in [0.29, 0.717) is 24.7 Å². The summed E-state index contributed by atoms with van der Waals surface area (Å²) in [6, 6.07) is 6.53. The number of urea groups is 1. The van der Waals surface area contributed by atoms with Crippen molar-refractivity contribution in [3.63, 3.8) is 0 Å². The number of amides is 2. The number of benzene rings is 1. The van der Waals surface area contributed by atoms with Crippen LogP contribution in [0, 0.1) is 0 Å². The number of rotatable bonds is 5. The zero-order valence-corrected chi connectivity index (χ0v) is 11.8. The molecule has 1 aliphatic heterocycles. The van der Waals surface area contributed by atoms with Gasteiger partial charge in [-0.05, 0) is 18.6 Å². The summed E-state index contributed by atoms with van der Waals surface area (Å²) in [7, 11) is 1.29. The van der Waals surface area contributed by atoms with Gasteiger partial charge in [-0.25, -0.2) is 9.59 Å². The van der Waals surface area contributed by atoms with Gasteiger partial charge in [0.05, 0.1) is 19.8 Å². The number of carbonyl (C=O) groups excluding carboxylic acids is 2. The molecule has 2 rings (SSSR count). The fraction of sp³-hybridized carbons (Fsp3) is 0.429. The Balaban J connectivity index is 1.84. The fourth-order valence-corrected chi connectivity index (χ4v) is 1.87. The first kappa shape index (κ1) is 15.1. The van der Waals surface area contributed by atoms with Crippen molar-refractivity contribution in [1.29, 1.82) is 0 Å². The zero-order chi connectivity index (χ0) is 15.1. The highest BCUT2D eigenvalue weighted by molar-refractivity contribution is 5.89. The summed E-state index contributed by atoms with van der Waals surface area (Å²) in [6.07, 6.45) is 0.815. The summed E-state index contributed by atoms with van der Waals surface area (Å²) in [5.41, 5.74) is 0.578. The molecule has 1 aliphatic rings. The van der Waals surface area contributed by atoms with Crippen LogP contribution in [0.3, 0.4) is 0 Å². The third-order valence-electron chi connectivity index (χ3n) is 2.94. The molecule has 0 spiro atoms. The molecule has 1 saturated heterocycles. The van der Waals surface area contributed by atoms with Gasteiger partial charge >= 0.3 is 12.0 Å². The molecule has 2 amide bonds. The van der Waals surface area contributed by atoms with Gasteiger partial charge in [0.15, 0.2) is 6.61 Å². The van der Waals surface area contributed by atoms with Crippen LogP contribution in [0.15, 0.2) is 24.3 Å². The number of methoxy groups -OCH3 is 1. The van der Waals surface area contributed by atoms with E-state index in [1.54, 1.807) is 24.3 Å². The van der Waals surface area contributed by atoms with E-state index in [9.17, 15) is 9.59 Å². The predicted octanol–water partition coefficient (Wildman–Crippen LogP) is 1.15. The van der Waals surface area contributed by atoms with Gasteiger partial charge in [-0.15, -0.1) is 0 Å². The highest BCUT2D eigenvalue weighted by atomic mass is 16.6. The van der Waals surface area contributed by atoms with Crippen LogP contribution >= 0.6 is 0 Å². The van der Waals surface area contributed by atoms with Crippen LogP contribution in [0.1, 0.15) is 6.42 Å². The second-order valence-electron chi connectivity index (χ2n) is 4.55. The Labute approximate surface area is 122 Å². The smallest absolute Gasteiger partial charge is 0.343 e. The molecular weight excluding hydrogens is 276 g/mol. The molecule has 0 radical (unpaired) electrons. The van der Waals surface area contributed by atoms with Crippen molar-refractivity contribution in [3.8, 4) is 5.75 Å². The van der Waals surface area contributed by atoms with Crippen LogP contribution in [0.5, 0.6) is 5.75 Å². The molecule has 1 fully saturated rings. The molecule has 0 bridgehead atoms. The van der Waals surface area contributed by atoms with Crippen molar-refractivity contribution in [2.45, 2.75) is 12.5 Å². The van der Waals surface area contributed by atoms with Crippen LogP contribution < -0.4 is 15.4 Å². The standard InChI is InChI=1S/C14H18N2O5/c1-19-13(17)9-21-12-4-2-3-10(7-12)15-14(18)16-11-5-6-20-8-11/h2-4,7,11H,5-6,8-9H2,1H3,(H2,15,16,18). The number of esters is 1. The summed E-state index contributed by atoms with van der Waals surface area (Å²) in [6.45, 7) is 1.03. The Kier molecular flexibility index (Phi) is 5.39. The van der Waals surface area contributed by atoms with Gasteiger partial charge in [0, 0.05) is 18.4 Å². The van der Waals surface area contributed by atoms with Crippen LogP contribution in [-0.4, -0.2) is 45.0 Å². The molecule has 7 heteroatoms. The maximum atomic E-state index is 11.8. The molecule has 1 atom stereocenters. The van der Waals surface area contributed by atoms with Crippen LogP contribution in [-0.2, 0) is 14.3 Å². The minimum Gasteiger partial charge on any atom is -0.482 e. The summed E-state index contributed by atoms with van der Waals surface area (Å²) in [5, 5.41) is 5.53. The lowest BCUT2D eigenvalue weighted by molar-refractivity contribution is -0.142. The molecule has 1 unspecified atom stereocenters. The van der Waals surface area contributed by atoms with Crippen molar-refractivity contribution >= 4 is 17.7 Å². The van der Waals surface area contributed by atoms with Crippen molar-refractivity contribution in [2.24, 2.45) is 0 Å². The molecule has 0 aromatic heterocycles. The highest BCUT2D eigenvalue weighted by Crippen LogP contribution is 2.17. The third-order valence-corrected chi connectivity index (χ3v) is 2.94. The quantitative estimate of drug-likeness (QED) is 0.796. The number of carbonyl (C=O) groups is 2. The van der Waals surface area contributed by atoms with E-state index >= 15 is 0 Å². The normalized spacial score (nSPS) is 17.1. The molecule has 0 saturated carbocycles. The number of anilines is 1. The number of nitrogens with one attached hydrogen (secondary N) is 2. The molecule has 1 aromatic carbocycles. The SMILES string of the molecule is COC(=O)COc1cccc(NC(=O)NC2CCOC2)c1. The average molecular weight is 294 g/mol. The molecule has 1 aromatic rings. The lowest BCUT2D eigenvalue weighted by Gasteiger charge is -2.12.